The smallest absolute Gasteiger partial charge is 0.369 e. The lowest BCUT2D eigenvalue weighted by atomic mass is 10.3. The van der Waals surface area contributed by atoms with Gasteiger partial charge >= 0.3 is 26.2 Å². The topological polar surface area (TPSA) is 127 Å². The van der Waals surface area contributed by atoms with E-state index in [1.54, 1.807) is 0 Å². The van der Waals surface area contributed by atoms with Crippen LogP contribution in [0, 0.1) is 0 Å². The van der Waals surface area contributed by atoms with Crippen LogP contribution in [-0.4, -0.2) is 44.7 Å². The van der Waals surface area contributed by atoms with E-state index < -0.39 is 36.0 Å². The predicted octanol–water partition coefficient (Wildman–Crippen LogP) is 8.82. The highest BCUT2D eigenvalue weighted by Crippen LogP contribution is 2.34. The Balaban J connectivity index is 1.41. The average molecular weight is 909 g/mol. The Kier molecular flexibility index (Phi) is 13.1. The number of hydrogen-bond acceptors (Lipinski definition) is 12. The van der Waals surface area contributed by atoms with Crippen LogP contribution >= 0.6 is 0 Å². The first-order chi connectivity index (χ1) is 31.6. The second kappa shape index (κ2) is 19.9. The summed E-state index contributed by atoms with van der Waals surface area (Å²) in [6.45, 7) is 0. The number of para-hydroxylation sites is 8. The molecule has 12 nitrogen and oxygen atoms in total. The molecular weight excluding hydrogens is 857 g/mol. The Morgan fingerprint density at radius 3 is 0.703 bits per heavy atom. The van der Waals surface area contributed by atoms with Crippen LogP contribution in [0.5, 0.6) is 0 Å². The van der Waals surface area contributed by atoms with E-state index in [0.29, 0.717) is 0 Å². The standard InChI is InChI=1S/C48H52N12Si4/c1-9-25-41(26-10-1)49-59-62(51-43-29-13-3-14-30-43,52-44-31-15-4-16-32-44)57-61-58-63(53-45-33-17-5-18-34-45,54-46-35-19-6-20-36-46)60(50-42-27-11-2-12-28-42)64(59,55-47-37-21-7-22-38-47)56-48-39-23-8-24-40-48/h1-40,49-58H,61H2. The maximum Gasteiger partial charge on any atom is 0.465 e. The first-order valence-corrected chi connectivity index (χ1v) is 28.5. The maximum atomic E-state index is 4.30. The summed E-state index contributed by atoms with van der Waals surface area (Å²) in [5.41, 5.74) is 15.7. The fraction of sp³-hybridized carbons (Fsp3) is 0. The Labute approximate surface area is 381 Å². The van der Waals surface area contributed by atoms with Gasteiger partial charge < -0.3 is 50.0 Å². The number of anilines is 8. The highest BCUT2D eigenvalue weighted by molar-refractivity contribution is 7.06. The Hall–Kier alpha value is -7.13. The quantitative estimate of drug-likeness (QED) is 0.0426. The number of rotatable bonds is 16. The molecular formula is C48H52N12Si4. The van der Waals surface area contributed by atoms with Crippen molar-refractivity contribution in [1.82, 2.24) is 18.0 Å². The summed E-state index contributed by atoms with van der Waals surface area (Å²) in [6, 6.07) is 83.6. The Morgan fingerprint density at radius 1 is 0.266 bits per heavy atom. The van der Waals surface area contributed by atoms with E-state index in [9.17, 15) is 0 Å². The Bertz CT molecular complexity index is 2350. The minimum absolute atomic E-state index is 0.904. The van der Waals surface area contributed by atoms with E-state index in [1.807, 2.05) is 12.1 Å². The highest BCUT2D eigenvalue weighted by atomic mass is 28.5. The first kappa shape index (κ1) is 42.2. The molecule has 9 rings (SSSR count). The van der Waals surface area contributed by atoms with Gasteiger partial charge in [0.25, 0.3) is 0 Å². The number of hydrogen-bond donors (Lipinski definition) is 10. The molecule has 320 valence electrons. The molecule has 0 saturated carbocycles. The van der Waals surface area contributed by atoms with Crippen molar-refractivity contribution in [2.45, 2.75) is 0 Å². The van der Waals surface area contributed by atoms with Crippen molar-refractivity contribution in [2.75, 3.05) is 40.7 Å². The fourth-order valence-corrected chi connectivity index (χ4v) is 27.1. The molecule has 1 heterocycles. The lowest BCUT2D eigenvalue weighted by molar-refractivity contribution is 0.587. The lowest BCUT2D eigenvalue weighted by Gasteiger charge is -2.59. The fourth-order valence-electron chi connectivity index (χ4n) is 7.74. The van der Waals surface area contributed by atoms with Gasteiger partial charge in [-0.2, -0.15) is 8.68 Å². The SMILES string of the molecule is c1ccc(NN2[Si](Nc3ccccc3)(Nc3ccccc3)N[SiH2]N[Si](Nc3ccccc3)(Nc3ccccc3)N(Nc3ccccc3)[Si]2(Nc2ccccc2)Nc2ccccc2)cc1. The molecule has 0 spiro atoms. The van der Waals surface area contributed by atoms with E-state index in [0.717, 1.165) is 45.5 Å². The normalized spacial score (nSPS) is 15.6. The van der Waals surface area contributed by atoms with Crippen molar-refractivity contribution in [3.8, 4) is 0 Å². The van der Waals surface area contributed by atoms with Gasteiger partial charge in [0.2, 0.25) is 0 Å². The van der Waals surface area contributed by atoms with Crippen molar-refractivity contribution < 1.29 is 0 Å². The summed E-state index contributed by atoms with van der Waals surface area (Å²) in [7, 11) is -12.7. The summed E-state index contributed by atoms with van der Waals surface area (Å²) in [6.07, 6.45) is 0. The number of nitrogens with zero attached hydrogens (tertiary/aromatic N) is 2. The molecule has 64 heavy (non-hydrogen) atoms. The van der Waals surface area contributed by atoms with Crippen LogP contribution in [0.3, 0.4) is 0 Å². The predicted molar refractivity (Wildman–Crippen MR) is 276 cm³/mol. The van der Waals surface area contributed by atoms with Gasteiger partial charge in [-0.1, -0.05) is 146 Å². The van der Waals surface area contributed by atoms with Gasteiger partial charge in [0.05, 0.1) is 0 Å². The molecule has 0 unspecified atom stereocenters. The molecule has 0 atom stereocenters. The molecule has 0 aromatic heterocycles. The van der Waals surface area contributed by atoms with E-state index in [-0.39, 0.29) is 0 Å². The molecule has 0 radical (unpaired) electrons. The van der Waals surface area contributed by atoms with Crippen LogP contribution in [0.2, 0.25) is 0 Å². The lowest BCUT2D eigenvalue weighted by Crippen LogP contribution is -2.98. The second-order valence-electron chi connectivity index (χ2n) is 15.2. The molecule has 0 amide bonds. The van der Waals surface area contributed by atoms with Gasteiger partial charge in [0.1, 0.15) is 0 Å². The first-order valence-electron chi connectivity index (χ1n) is 21.3. The zero-order valence-electron chi connectivity index (χ0n) is 35.2. The van der Waals surface area contributed by atoms with Gasteiger partial charge in [-0.15, -0.1) is 0 Å². The second-order valence-corrected chi connectivity index (χ2v) is 26.7. The molecule has 16 heteroatoms. The van der Waals surface area contributed by atoms with Gasteiger partial charge in [0, 0.05) is 45.5 Å². The molecule has 1 fully saturated rings. The van der Waals surface area contributed by atoms with Gasteiger partial charge in [0.15, 0.2) is 9.84 Å². The van der Waals surface area contributed by atoms with E-state index in [4.69, 9.17) is 0 Å². The van der Waals surface area contributed by atoms with Crippen molar-refractivity contribution >= 4 is 81.5 Å². The van der Waals surface area contributed by atoms with Crippen LogP contribution in [0.1, 0.15) is 0 Å². The van der Waals surface area contributed by atoms with Gasteiger partial charge in [-0.05, 0) is 97.1 Å². The third kappa shape index (κ3) is 9.89. The molecule has 1 aliphatic heterocycles. The minimum atomic E-state index is -4.04. The van der Waals surface area contributed by atoms with Crippen LogP contribution in [-0.2, 0) is 0 Å². The number of hydrazine groups is 2. The monoisotopic (exact) mass is 908 g/mol. The summed E-state index contributed by atoms with van der Waals surface area (Å²) in [5, 5.41) is 0. The van der Waals surface area contributed by atoms with Crippen LogP contribution in [0.25, 0.3) is 0 Å². The average Bonchev–Trinajstić information content (AvgIpc) is 3.34. The minimum Gasteiger partial charge on any atom is -0.369 e. The van der Waals surface area contributed by atoms with Crippen LogP contribution in [0.4, 0.5) is 45.5 Å². The number of benzene rings is 8. The molecule has 0 bridgehead atoms. The molecule has 8 aromatic carbocycles. The molecule has 1 aliphatic rings. The van der Waals surface area contributed by atoms with E-state index in [2.05, 4.69) is 289 Å². The van der Waals surface area contributed by atoms with Crippen molar-refractivity contribution in [2.24, 2.45) is 0 Å². The molecule has 10 N–H and O–H groups in total. The largest absolute Gasteiger partial charge is 0.465 e. The molecule has 1 saturated heterocycles. The Morgan fingerprint density at radius 2 is 0.469 bits per heavy atom. The summed E-state index contributed by atoms with van der Waals surface area (Å²) in [5.74, 6) is 0. The third-order valence-electron chi connectivity index (χ3n) is 10.6. The van der Waals surface area contributed by atoms with E-state index >= 15 is 0 Å². The maximum absolute atomic E-state index is 4.30. The number of nitrogens with one attached hydrogen (secondary N) is 10. The van der Waals surface area contributed by atoms with Gasteiger partial charge in [-0.3, -0.25) is 0 Å². The van der Waals surface area contributed by atoms with Crippen molar-refractivity contribution in [1.29, 1.82) is 0 Å². The summed E-state index contributed by atoms with van der Waals surface area (Å²) < 4.78 is 13.5. The summed E-state index contributed by atoms with van der Waals surface area (Å²) >= 11 is 0. The van der Waals surface area contributed by atoms with E-state index in [1.165, 1.54) is 0 Å². The third-order valence-corrected chi connectivity index (χ3v) is 27.0. The van der Waals surface area contributed by atoms with Crippen LogP contribution < -0.4 is 50.0 Å². The zero-order chi connectivity index (χ0) is 43.3. The van der Waals surface area contributed by atoms with Crippen molar-refractivity contribution in [3.05, 3.63) is 243 Å². The highest BCUT2D eigenvalue weighted by Gasteiger charge is 2.68. The molecule has 0 aliphatic carbocycles. The van der Waals surface area contributed by atoms with Crippen molar-refractivity contribution in [3.63, 3.8) is 0 Å². The summed E-state index contributed by atoms with van der Waals surface area (Å²) in [4.78, 5) is 25.3. The van der Waals surface area contributed by atoms with Crippen LogP contribution in [0.15, 0.2) is 243 Å². The molecule has 8 aromatic rings. The van der Waals surface area contributed by atoms with Gasteiger partial charge in [-0.25, -0.2) is 0 Å². The zero-order valence-corrected chi connectivity index (χ0v) is 39.6.